The topological polar surface area (TPSA) is 74.8 Å². The second-order valence-electron chi connectivity index (χ2n) is 7.07. The minimum absolute atomic E-state index is 0.0261. The van der Waals surface area contributed by atoms with Gasteiger partial charge >= 0.3 is 6.18 Å². The number of fused-ring (bicyclic) bond motifs is 2. The lowest BCUT2D eigenvalue weighted by Crippen LogP contribution is -2.14. The standard InChI is InChI=1S/C20H12F3N5S3/c21-20(22,23)13-2-1-11(12(7-13)9-24)10-30-18-26-19(3-4-19)14-8-15(17-25-5-6-29-17)27-28-16(14)31-18/h1-2,5-8H,3-4,10H2. The van der Waals surface area contributed by atoms with Gasteiger partial charge in [0.05, 0.1) is 22.7 Å². The van der Waals surface area contributed by atoms with Crippen LogP contribution in [-0.2, 0) is 17.5 Å². The van der Waals surface area contributed by atoms with Crippen LogP contribution in [0.4, 0.5) is 13.2 Å². The third-order valence-corrected chi connectivity index (χ3v) is 7.99. The van der Waals surface area contributed by atoms with Crippen molar-refractivity contribution in [3.63, 3.8) is 0 Å². The number of rotatable bonds is 3. The van der Waals surface area contributed by atoms with Gasteiger partial charge in [-0.2, -0.15) is 18.4 Å². The van der Waals surface area contributed by atoms with E-state index < -0.39 is 11.7 Å². The van der Waals surface area contributed by atoms with Crippen LogP contribution >= 0.6 is 34.9 Å². The van der Waals surface area contributed by atoms with Crippen LogP contribution in [-0.4, -0.2) is 19.6 Å². The van der Waals surface area contributed by atoms with Crippen LogP contribution in [0.2, 0.25) is 0 Å². The Hall–Kier alpha value is -2.42. The van der Waals surface area contributed by atoms with Gasteiger partial charge in [-0.3, -0.25) is 4.99 Å². The first kappa shape index (κ1) is 20.5. The Kier molecular flexibility index (Phi) is 5.03. The molecule has 0 saturated heterocycles. The number of alkyl halides is 3. The molecular weight excluding hydrogens is 463 g/mol. The summed E-state index contributed by atoms with van der Waals surface area (Å²) in [6.45, 7) is 0. The van der Waals surface area contributed by atoms with E-state index in [9.17, 15) is 18.4 Å². The zero-order valence-electron chi connectivity index (χ0n) is 15.7. The lowest BCUT2D eigenvalue weighted by molar-refractivity contribution is -0.137. The summed E-state index contributed by atoms with van der Waals surface area (Å²) in [7, 11) is 0. The molecule has 2 aliphatic rings. The van der Waals surface area contributed by atoms with E-state index in [2.05, 4.69) is 15.2 Å². The number of halogens is 3. The first-order chi connectivity index (χ1) is 14.9. The van der Waals surface area contributed by atoms with Gasteiger partial charge in [0.25, 0.3) is 0 Å². The van der Waals surface area contributed by atoms with Gasteiger partial charge in [-0.1, -0.05) is 17.8 Å². The first-order valence-corrected chi connectivity index (χ1v) is 11.8. The Labute approximate surface area is 187 Å². The minimum Gasteiger partial charge on any atom is -0.260 e. The molecule has 1 aliphatic carbocycles. The van der Waals surface area contributed by atoms with Crippen molar-refractivity contribution < 1.29 is 13.2 Å². The number of nitriles is 1. The maximum Gasteiger partial charge on any atom is 0.416 e. The van der Waals surface area contributed by atoms with Crippen molar-refractivity contribution >= 4 is 39.2 Å². The quantitative estimate of drug-likeness (QED) is 0.471. The molecule has 11 heteroatoms. The van der Waals surface area contributed by atoms with Gasteiger partial charge in [-0.05, 0) is 48.4 Å². The monoisotopic (exact) mass is 475 g/mol. The number of hydrogen-bond donors (Lipinski definition) is 0. The number of aliphatic imine (C=N–C) groups is 1. The number of aromatic nitrogens is 3. The SMILES string of the molecule is N#Cc1cc(C(F)(F)F)ccc1CSC1=NC2(CC2)c2cc(-c3nccs3)nnc2S1. The summed E-state index contributed by atoms with van der Waals surface area (Å²) in [6, 6.07) is 7.15. The third-order valence-electron chi connectivity index (χ3n) is 5.03. The molecule has 1 saturated carbocycles. The molecule has 1 aliphatic heterocycles. The van der Waals surface area contributed by atoms with E-state index in [0.717, 1.165) is 50.6 Å². The van der Waals surface area contributed by atoms with Gasteiger partial charge < -0.3 is 0 Å². The fourth-order valence-corrected chi connectivity index (χ4v) is 6.11. The van der Waals surface area contributed by atoms with Crippen LogP contribution < -0.4 is 0 Å². The van der Waals surface area contributed by atoms with Crippen LogP contribution in [0.25, 0.3) is 10.7 Å². The zero-order chi connectivity index (χ0) is 21.6. The Morgan fingerprint density at radius 1 is 1.19 bits per heavy atom. The number of thioether (sulfide) groups is 2. The van der Waals surface area contributed by atoms with Gasteiger partial charge in [0.15, 0.2) is 0 Å². The van der Waals surface area contributed by atoms with Gasteiger partial charge in [0.1, 0.15) is 20.1 Å². The van der Waals surface area contributed by atoms with Crippen molar-refractivity contribution in [1.29, 1.82) is 5.26 Å². The van der Waals surface area contributed by atoms with Crippen molar-refractivity contribution in [2.75, 3.05) is 0 Å². The number of benzene rings is 1. The number of thiazole rings is 1. The highest BCUT2D eigenvalue weighted by Crippen LogP contribution is 2.56. The largest absolute Gasteiger partial charge is 0.416 e. The average Bonchev–Trinajstić information content (AvgIpc) is 3.30. The van der Waals surface area contributed by atoms with Crippen LogP contribution in [0.15, 0.2) is 45.9 Å². The predicted octanol–water partition coefficient (Wildman–Crippen LogP) is 5.87. The normalized spacial score (nSPS) is 16.5. The zero-order valence-corrected chi connectivity index (χ0v) is 18.1. The highest BCUT2D eigenvalue weighted by atomic mass is 32.2. The maximum atomic E-state index is 12.9. The molecule has 3 aromatic rings. The number of hydrogen-bond acceptors (Lipinski definition) is 8. The summed E-state index contributed by atoms with van der Waals surface area (Å²) in [5.41, 5.74) is 1.23. The Bertz CT molecular complexity index is 1230. The van der Waals surface area contributed by atoms with Crippen molar-refractivity contribution in [3.8, 4) is 16.8 Å². The van der Waals surface area contributed by atoms with Crippen molar-refractivity contribution in [3.05, 3.63) is 58.1 Å². The molecule has 3 heterocycles. The summed E-state index contributed by atoms with van der Waals surface area (Å²) >= 11 is 4.31. The highest BCUT2D eigenvalue weighted by Gasteiger charge is 2.49. The molecule has 1 spiro atoms. The van der Waals surface area contributed by atoms with Gasteiger partial charge in [0.2, 0.25) is 0 Å². The molecule has 1 fully saturated rings. The van der Waals surface area contributed by atoms with Crippen molar-refractivity contribution in [2.24, 2.45) is 4.99 Å². The van der Waals surface area contributed by atoms with E-state index in [1.807, 2.05) is 17.5 Å². The second-order valence-corrected chi connectivity index (χ2v) is 10.2. The highest BCUT2D eigenvalue weighted by molar-refractivity contribution is 8.38. The van der Waals surface area contributed by atoms with Gasteiger partial charge in [0, 0.05) is 22.9 Å². The molecule has 0 radical (unpaired) electrons. The van der Waals surface area contributed by atoms with Gasteiger partial charge in [-0.25, -0.2) is 4.98 Å². The Morgan fingerprint density at radius 3 is 2.71 bits per heavy atom. The lowest BCUT2D eigenvalue weighted by atomic mass is 10.1. The van der Waals surface area contributed by atoms with E-state index in [0.29, 0.717) is 11.3 Å². The lowest BCUT2D eigenvalue weighted by Gasteiger charge is -2.21. The van der Waals surface area contributed by atoms with Crippen molar-refractivity contribution in [1.82, 2.24) is 15.2 Å². The van der Waals surface area contributed by atoms with Gasteiger partial charge in [-0.15, -0.1) is 21.5 Å². The fourth-order valence-electron chi connectivity index (χ4n) is 3.27. The van der Waals surface area contributed by atoms with E-state index in [1.54, 1.807) is 6.20 Å². The van der Waals surface area contributed by atoms with Crippen LogP contribution in [0.1, 0.15) is 35.1 Å². The molecule has 5 rings (SSSR count). The molecule has 5 nitrogen and oxygen atoms in total. The van der Waals surface area contributed by atoms with Crippen molar-refractivity contribution in [2.45, 2.75) is 35.3 Å². The second kappa shape index (κ2) is 7.62. The minimum atomic E-state index is -4.47. The molecule has 0 N–H and O–H groups in total. The van der Waals surface area contributed by atoms with E-state index in [1.165, 1.54) is 40.9 Å². The molecule has 1 aromatic carbocycles. The summed E-state index contributed by atoms with van der Waals surface area (Å²) in [6.07, 6.45) is -0.917. The summed E-state index contributed by atoms with van der Waals surface area (Å²) in [5, 5.41) is 21.5. The predicted molar refractivity (Wildman–Crippen MR) is 115 cm³/mol. The molecule has 156 valence electrons. The summed E-state index contributed by atoms with van der Waals surface area (Å²) in [4.78, 5) is 9.20. The molecule has 0 atom stereocenters. The van der Waals surface area contributed by atoms with E-state index >= 15 is 0 Å². The first-order valence-electron chi connectivity index (χ1n) is 9.17. The molecule has 31 heavy (non-hydrogen) atoms. The maximum absolute atomic E-state index is 12.9. The molecular formula is C20H12F3N5S3. The van der Waals surface area contributed by atoms with Crippen LogP contribution in [0, 0.1) is 11.3 Å². The molecule has 0 amide bonds. The number of nitrogens with zero attached hydrogens (tertiary/aromatic N) is 5. The molecule has 0 bridgehead atoms. The molecule has 2 aromatic heterocycles. The molecule has 0 unspecified atom stereocenters. The Balaban J connectivity index is 1.37. The average molecular weight is 476 g/mol. The summed E-state index contributed by atoms with van der Waals surface area (Å²) < 4.78 is 39.5. The smallest absolute Gasteiger partial charge is 0.260 e. The van der Waals surface area contributed by atoms with E-state index in [4.69, 9.17) is 4.99 Å². The third kappa shape index (κ3) is 3.95. The summed E-state index contributed by atoms with van der Waals surface area (Å²) in [5.74, 6) is 0.350. The van der Waals surface area contributed by atoms with E-state index in [-0.39, 0.29) is 11.1 Å². The fraction of sp³-hybridized carbons (Fsp3) is 0.250. The van der Waals surface area contributed by atoms with Crippen LogP contribution in [0.3, 0.4) is 0 Å². The Morgan fingerprint density at radius 2 is 2.03 bits per heavy atom. The van der Waals surface area contributed by atoms with Crippen LogP contribution in [0.5, 0.6) is 0 Å².